The number of rotatable bonds is 9. The Morgan fingerprint density at radius 2 is 1.42 bits per heavy atom. The zero-order valence-electron chi connectivity index (χ0n) is 17.3. The second-order valence-electron chi connectivity index (χ2n) is 6.82. The molecule has 2 amide bonds. The number of ether oxygens (including phenoxy) is 2. The van der Waals surface area contributed by atoms with E-state index in [1.165, 1.54) is 0 Å². The largest absolute Gasteiger partial charge is 0.456 e. The van der Waals surface area contributed by atoms with Crippen LogP contribution in [0.5, 0.6) is 11.5 Å². The maximum Gasteiger partial charge on any atom is 0.306 e. The van der Waals surface area contributed by atoms with Crippen molar-refractivity contribution in [2.75, 3.05) is 17.2 Å². The number of carbonyl (C=O) groups is 3. The maximum atomic E-state index is 12.1. The van der Waals surface area contributed by atoms with Crippen LogP contribution in [0.15, 0.2) is 72.8 Å². The molecule has 0 aliphatic carbocycles. The minimum Gasteiger partial charge on any atom is -0.456 e. The van der Waals surface area contributed by atoms with E-state index in [9.17, 15) is 14.4 Å². The van der Waals surface area contributed by atoms with E-state index in [1.807, 2.05) is 6.07 Å². The number of halogens is 2. The highest BCUT2D eigenvalue weighted by Crippen LogP contribution is 2.31. The Kier molecular flexibility index (Phi) is 8.69. The molecule has 3 aromatic rings. The van der Waals surface area contributed by atoms with Gasteiger partial charge >= 0.3 is 5.97 Å². The second-order valence-corrected chi connectivity index (χ2v) is 7.67. The molecular weight excluding hydrogens is 467 g/mol. The standard InChI is InChI=1S/C24H20Cl2N2O5/c25-16-6-11-21(20(26)14-16)33-19-9-7-18(8-10-19)27-22(29)12-13-24(31)32-15-23(30)28-17-4-2-1-3-5-17/h1-11,14H,12-13,15H2,(H,27,29)(H,28,30). The molecule has 33 heavy (non-hydrogen) atoms. The molecule has 0 atom stereocenters. The zero-order valence-corrected chi connectivity index (χ0v) is 18.9. The molecule has 0 saturated heterocycles. The van der Waals surface area contributed by atoms with Crippen LogP contribution in [0, 0.1) is 0 Å². The summed E-state index contributed by atoms with van der Waals surface area (Å²) >= 11 is 12.0. The van der Waals surface area contributed by atoms with Crippen molar-refractivity contribution in [3.05, 3.63) is 82.8 Å². The van der Waals surface area contributed by atoms with Crippen LogP contribution >= 0.6 is 23.2 Å². The molecule has 0 aliphatic rings. The summed E-state index contributed by atoms with van der Waals surface area (Å²) in [6, 6.07) is 20.3. The van der Waals surface area contributed by atoms with Crippen molar-refractivity contribution < 1.29 is 23.9 Å². The summed E-state index contributed by atoms with van der Waals surface area (Å²) in [7, 11) is 0. The molecule has 3 aromatic carbocycles. The summed E-state index contributed by atoms with van der Waals surface area (Å²) in [4.78, 5) is 35.7. The molecule has 7 nitrogen and oxygen atoms in total. The van der Waals surface area contributed by atoms with Gasteiger partial charge in [-0.1, -0.05) is 41.4 Å². The fourth-order valence-electron chi connectivity index (χ4n) is 2.67. The zero-order chi connectivity index (χ0) is 23.6. The fraction of sp³-hybridized carbons (Fsp3) is 0.125. The van der Waals surface area contributed by atoms with Gasteiger partial charge in [-0.25, -0.2) is 0 Å². The van der Waals surface area contributed by atoms with E-state index in [4.69, 9.17) is 32.7 Å². The van der Waals surface area contributed by atoms with E-state index >= 15 is 0 Å². The van der Waals surface area contributed by atoms with Gasteiger partial charge in [-0.2, -0.15) is 0 Å². The van der Waals surface area contributed by atoms with E-state index in [2.05, 4.69) is 10.6 Å². The monoisotopic (exact) mass is 486 g/mol. The van der Waals surface area contributed by atoms with Gasteiger partial charge < -0.3 is 20.1 Å². The number of benzene rings is 3. The molecule has 9 heteroatoms. The maximum absolute atomic E-state index is 12.1. The number of nitrogens with one attached hydrogen (secondary N) is 2. The minimum absolute atomic E-state index is 0.0855. The number of amides is 2. The molecule has 170 valence electrons. The van der Waals surface area contributed by atoms with E-state index in [0.29, 0.717) is 32.9 Å². The SMILES string of the molecule is O=C(CCC(=O)OCC(=O)Nc1ccccc1)Nc1ccc(Oc2ccc(Cl)cc2Cl)cc1. The van der Waals surface area contributed by atoms with Crippen molar-refractivity contribution in [3.63, 3.8) is 0 Å². The van der Waals surface area contributed by atoms with Crippen LogP contribution < -0.4 is 15.4 Å². The lowest BCUT2D eigenvalue weighted by Crippen LogP contribution is -2.21. The Bertz CT molecular complexity index is 1120. The first-order valence-corrected chi connectivity index (χ1v) is 10.7. The topological polar surface area (TPSA) is 93.7 Å². The first-order valence-electron chi connectivity index (χ1n) is 9.92. The van der Waals surface area contributed by atoms with Crippen molar-refractivity contribution in [2.45, 2.75) is 12.8 Å². The van der Waals surface area contributed by atoms with E-state index in [1.54, 1.807) is 66.7 Å². The lowest BCUT2D eigenvalue weighted by molar-refractivity contribution is -0.147. The van der Waals surface area contributed by atoms with Crippen LogP contribution in [-0.4, -0.2) is 24.4 Å². The average molecular weight is 487 g/mol. The van der Waals surface area contributed by atoms with Crippen LogP contribution in [0.25, 0.3) is 0 Å². The molecule has 2 N–H and O–H groups in total. The van der Waals surface area contributed by atoms with Crippen molar-refractivity contribution in [2.24, 2.45) is 0 Å². The van der Waals surface area contributed by atoms with Gasteiger partial charge in [0, 0.05) is 22.8 Å². The van der Waals surface area contributed by atoms with Gasteiger partial charge in [-0.05, 0) is 54.6 Å². The summed E-state index contributed by atoms with van der Waals surface area (Å²) < 4.78 is 10.6. The molecule has 0 fully saturated rings. The predicted octanol–water partition coefficient (Wildman–Crippen LogP) is 5.69. The van der Waals surface area contributed by atoms with Crippen LogP contribution in [0.2, 0.25) is 10.0 Å². The normalized spacial score (nSPS) is 10.2. The van der Waals surface area contributed by atoms with Crippen molar-refractivity contribution in [1.82, 2.24) is 0 Å². The average Bonchev–Trinajstić information content (AvgIpc) is 2.80. The van der Waals surface area contributed by atoms with Gasteiger partial charge in [-0.3, -0.25) is 14.4 Å². The van der Waals surface area contributed by atoms with Crippen molar-refractivity contribution >= 4 is 52.4 Å². The third kappa shape index (κ3) is 8.14. The summed E-state index contributed by atoms with van der Waals surface area (Å²) in [5.74, 6) is -0.489. The molecule has 0 spiro atoms. The Labute approximate surface area is 200 Å². The molecule has 3 rings (SSSR count). The molecule has 0 bridgehead atoms. The highest BCUT2D eigenvalue weighted by molar-refractivity contribution is 6.35. The predicted molar refractivity (Wildman–Crippen MR) is 127 cm³/mol. The Hall–Kier alpha value is -3.55. The van der Waals surface area contributed by atoms with Crippen LogP contribution in [0.4, 0.5) is 11.4 Å². The van der Waals surface area contributed by atoms with Gasteiger partial charge in [0.15, 0.2) is 6.61 Å². The van der Waals surface area contributed by atoms with Crippen LogP contribution in [0.3, 0.4) is 0 Å². The lowest BCUT2D eigenvalue weighted by Gasteiger charge is -2.09. The first kappa shape index (κ1) is 24.1. The minimum atomic E-state index is -0.642. The van der Waals surface area contributed by atoms with Crippen molar-refractivity contribution in [3.8, 4) is 11.5 Å². The van der Waals surface area contributed by atoms with Crippen molar-refractivity contribution in [1.29, 1.82) is 0 Å². The van der Waals surface area contributed by atoms with E-state index in [0.717, 1.165) is 0 Å². The fourth-order valence-corrected chi connectivity index (χ4v) is 3.11. The molecule has 0 aliphatic heterocycles. The van der Waals surface area contributed by atoms with Gasteiger partial charge in [0.1, 0.15) is 11.5 Å². The van der Waals surface area contributed by atoms with E-state index in [-0.39, 0.29) is 18.7 Å². The quantitative estimate of drug-likeness (QED) is 0.379. The molecule has 0 saturated carbocycles. The molecule has 0 unspecified atom stereocenters. The number of esters is 1. The molecule has 0 radical (unpaired) electrons. The summed E-state index contributed by atoms with van der Waals surface area (Å²) in [6.07, 6.45) is -0.238. The summed E-state index contributed by atoms with van der Waals surface area (Å²) in [5.41, 5.74) is 1.13. The Balaban J connectivity index is 1.38. The molecule has 0 heterocycles. The van der Waals surface area contributed by atoms with Gasteiger partial charge in [0.05, 0.1) is 11.4 Å². The first-order chi connectivity index (χ1) is 15.9. The number of hydrogen-bond donors (Lipinski definition) is 2. The third-order valence-electron chi connectivity index (χ3n) is 4.24. The highest BCUT2D eigenvalue weighted by Gasteiger charge is 2.11. The highest BCUT2D eigenvalue weighted by atomic mass is 35.5. The van der Waals surface area contributed by atoms with Gasteiger partial charge in [0.25, 0.3) is 5.91 Å². The van der Waals surface area contributed by atoms with Gasteiger partial charge in [-0.15, -0.1) is 0 Å². The summed E-state index contributed by atoms with van der Waals surface area (Å²) in [5, 5.41) is 6.16. The number of carbonyl (C=O) groups excluding carboxylic acids is 3. The molecular formula is C24H20Cl2N2O5. The lowest BCUT2D eigenvalue weighted by atomic mass is 10.2. The van der Waals surface area contributed by atoms with Crippen LogP contribution in [0.1, 0.15) is 12.8 Å². The number of anilines is 2. The van der Waals surface area contributed by atoms with Gasteiger partial charge in [0.2, 0.25) is 5.91 Å². The van der Waals surface area contributed by atoms with E-state index < -0.39 is 18.5 Å². The number of hydrogen-bond acceptors (Lipinski definition) is 5. The Morgan fingerprint density at radius 3 is 2.12 bits per heavy atom. The smallest absolute Gasteiger partial charge is 0.306 e. The Morgan fingerprint density at radius 1 is 0.758 bits per heavy atom. The van der Waals surface area contributed by atoms with Crippen LogP contribution in [-0.2, 0) is 19.1 Å². The molecule has 0 aromatic heterocycles. The third-order valence-corrected chi connectivity index (χ3v) is 4.77. The second kappa shape index (κ2) is 11.9. The number of para-hydroxylation sites is 1. The summed E-state index contributed by atoms with van der Waals surface area (Å²) in [6.45, 7) is -0.422.